The molecule has 0 atom stereocenters. The van der Waals surface area contributed by atoms with E-state index in [-0.39, 0.29) is 17.2 Å². The summed E-state index contributed by atoms with van der Waals surface area (Å²) in [4.78, 5) is 27.8. The molecule has 1 saturated carbocycles. The summed E-state index contributed by atoms with van der Waals surface area (Å²) in [6.07, 6.45) is 7.31. The summed E-state index contributed by atoms with van der Waals surface area (Å²) >= 11 is 0. The zero-order valence-electron chi connectivity index (χ0n) is 15.4. The number of terminal acetylenes is 1. The van der Waals surface area contributed by atoms with Gasteiger partial charge in [0.15, 0.2) is 5.75 Å². The second kappa shape index (κ2) is 6.84. The van der Waals surface area contributed by atoms with Crippen LogP contribution in [0.5, 0.6) is 5.75 Å². The number of aromatic nitrogens is 1. The summed E-state index contributed by atoms with van der Waals surface area (Å²) in [7, 11) is 2.00. The largest absolute Gasteiger partial charge is 0.511 e. The number of anilines is 1. The Morgan fingerprint density at radius 1 is 1.32 bits per heavy atom. The van der Waals surface area contributed by atoms with E-state index >= 15 is 4.39 Å². The van der Waals surface area contributed by atoms with E-state index in [2.05, 4.69) is 15.6 Å². The summed E-state index contributed by atoms with van der Waals surface area (Å²) in [5, 5.41) is 8.95. The summed E-state index contributed by atoms with van der Waals surface area (Å²) < 4.78 is 21.5. The average Bonchev–Trinajstić information content (AvgIpc) is 3.49. The van der Waals surface area contributed by atoms with Crippen LogP contribution < -0.4 is 15.1 Å². The Bertz CT molecular complexity index is 1060. The van der Waals surface area contributed by atoms with Crippen LogP contribution in [0.15, 0.2) is 17.1 Å². The summed E-state index contributed by atoms with van der Waals surface area (Å²) in [6, 6.07) is 1.23. The Balaban J connectivity index is 1.98. The number of rotatable bonds is 3. The predicted molar refractivity (Wildman–Crippen MR) is 103 cm³/mol. The quantitative estimate of drug-likeness (QED) is 0.645. The third-order valence-corrected chi connectivity index (χ3v) is 5.31. The number of piperazine rings is 1. The molecule has 1 N–H and O–H groups in total. The number of likely N-dealkylation sites (N-methyl/N-ethyl adjacent to an activating group) is 1. The number of carbonyl (C=O) groups is 1. The Morgan fingerprint density at radius 2 is 2.00 bits per heavy atom. The van der Waals surface area contributed by atoms with Gasteiger partial charge in [-0.25, -0.2) is 9.18 Å². The van der Waals surface area contributed by atoms with E-state index in [0.29, 0.717) is 29.9 Å². The van der Waals surface area contributed by atoms with Crippen molar-refractivity contribution in [1.29, 1.82) is 0 Å². The molecule has 0 spiro atoms. The van der Waals surface area contributed by atoms with Crippen molar-refractivity contribution in [3.05, 3.63) is 33.9 Å². The monoisotopic (exact) mass is 385 g/mol. The summed E-state index contributed by atoms with van der Waals surface area (Å²) in [6.45, 7) is 2.81. The lowest BCUT2D eigenvalue weighted by atomic mass is 10.0. The van der Waals surface area contributed by atoms with E-state index in [1.165, 1.54) is 6.20 Å². The fourth-order valence-corrected chi connectivity index (χ4v) is 3.74. The van der Waals surface area contributed by atoms with Crippen molar-refractivity contribution in [3.63, 3.8) is 0 Å². The number of nitrogens with zero attached hydrogens (tertiary/aromatic N) is 3. The molecule has 146 valence electrons. The van der Waals surface area contributed by atoms with Crippen LogP contribution in [0.4, 0.5) is 14.9 Å². The van der Waals surface area contributed by atoms with Crippen LogP contribution in [-0.2, 0) is 0 Å². The second-order valence-corrected chi connectivity index (χ2v) is 7.24. The lowest BCUT2D eigenvalue weighted by molar-refractivity contribution is 0.143. The number of fused-ring (bicyclic) bond motifs is 1. The van der Waals surface area contributed by atoms with Crippen LogP contribution in [0.2, 0.25) is 0 Å². The average molecular weight is 385 g/mol. The zero-order valence-corrected chi connectivity index (χ0v) is 15.4. The first-order valence-electron chi connectivity index (χ1n) is 9.13. The van der Waals surface area contributed by atoms with Gasteiger partial charge in [0, 0.05) is 32.2 Å². The molecule has 8 heteroatoms. The molecule has 0 amide bonds. The zero-order chi connectivity index (χ0) is 20.0. The molecule has 1 aromatic heterocycles. The van der Waals surface area contributed by atoms with Gasteiger partial charge in [-0.15, -0.1) is 6.42 Å². The molecule has 1 aliphatic heterocycles. The molecule has 0 bridgehead atoms. The standard InChI is InChI=1S/C20H20FN3O4/c1-3-13-17-14(10-15(21)18(13)23-8-6-22(2)7-9-23)19(25)16(28-20(26)27)11-24(17)12-4-5-12/h1,10-12H,4-9H2,2H3,(H,26,27). The molecule has 1 aromatic carbocycles. The Labute approximate surface area is 160 Å². The van der Waals surface area contributed by atoms with Crippen molar-refractivity contribution >= 4 is 22.7 Å². The van der Waals surface area contributed by atoms with Crippen LogP contribution in [0, 0.1) is 18.2 Å². The molecule has 4 rings (SSSR count). The number of hydrogen-bond acceptors (Lipinski definition) is 5. The third kappa shape index (κ3) is 3.08. The number of hydrogen-bond donors (Lipinski definition) is 1. The molecule has 0 unspecified atom stereocenters. The van der Waals surface area contributed by atoms with Gasteiger partial charge < -0.3 is 24.2 Å². The van der Waals surface area contributed by atoms with E-state index in [1.807, 2.05) is 11.9 Å². The van der Waals surface area contributed by atoms with E-state index in [9.17, 15) is 9.59 Å². The topological polar surface area (TPSA) is 75.0 Å². The van der Waals surface area contributed by atoms with Crippen molar-refractivity contribution in [1.82, 2.24) is 9.47 Å². The molecule has 2 aromatic rings. The minimum absolute atomic E-state index is 0.0361. The van der Waals surface area contributed by atoms with Crippen molar-refractivity contribution in [2.24, 2.45) is 0 Å². The Morgan fingerprint density at radius 3 is 2.57 bits per heavy atom. The highest BCUT2D eigenvalue weighted by atomic mass is 19.1. The van der Waals surface area contributed by atoms with Crippen molar-refractivity contribution in [2.45, 2.75) is 18.9 Å². The number of ether oxygens (including phenoxy) is 1. The number of halogens is 1. The third-order valence-electron chi connectivity index (χ3n) is 5.31. The van der Waals surface area contributed by atoms with Gasteiger partial charge in [0.1, 0.15) is 5.82 Å². The maximum Gasteiger partial charge on any atom is 0.511 e. The lowest BCUT2D eigenvalue weighted by Crippen LogP contribution is -2.45. The number of pyridine rings is 1. The number of benzene rings is 1. The first-order valence-corrected chi connectivity index (χ1v) is 9.13. The van der Waals surface area contributed by atoms with Crippen LogP contribution in [0.1, 0.15) is 24.4 Å². The van der Waals surface area contributed by atoms with Crippen molar-refractivity contribution in [2.75, 3.05) is 38.1 Å². The van der Waals surface area contributed by atoms with Crippen LogP contribution in [0.3, 0.4) is 0 Å². The fourth-order valence-electron chi connectivity index (χ4n) is 3.74. The van der Waals surface area contributed by atoms with Crippen LogP contribution in [0.25, 0.3) is 10.9 Å². The maximum absolute atomic E-state index is 15.1. The molecule has 2 heterocycles. The molecule has 28 heavy (non-hydrogen) atoms. The molecule has 1 aliphatic carbocycles. The van der Waals surface area contributed by atoms with E-state index in [1.54, 1.807) is 4.57 Å². The van der Waals surface area contributed by atoms with Gasteiger partial charge in [0.05, 0.1) is 28.4 Å². The number of carboxylic acid groups (broad SMARTS) is 1. The van der Waals surface area contributed by atoms with Gasteiger partial charge in [-0.1, -0.05) is 5.92 Å². The summed E-state index contributed by atoms with van der Waals surface area (Å²) in [5.41, 5.74) is 0.423. The van der Waals surface area contributed by atoms with Gasteiger partial charge in [0.2, 0.25) is 5.43 Å². The van der Waals surface area contributed by atoms with Crippen molar-refractivity contribution in [3.8, 4) is 18.1 Å². The van der Waals surface area contributed by atoms with E-state index in [0.717, 1.165) is 32.0 Å². The summed E-state index contributed by atoms with van der Waals surface area (Å²) in [5.74, 6) is 1.65. The van der Waals surface area contributed by atoms with E-state index in [4.69, 9.17) is 11.5 Å². The molecule has 7 nitrogen and oxygen atoms in total. The predicted octanol–water partition coefficient (Wildman–Crippen LogP) is 2.27. The molecule has 2 fully saturated rings. The Hall–Kier alpha value is -3.05. The van der Waals surface area contributed by atoms with Crippen LogP contribution in [-0.4, -0.2) is 54.0 Å². The highest BCUT2D eigenvalue weighted by Crippen LogP contribution is 2.40. The fraction of sp³-hybridized carbons (Fsp3) is 0.400. The molecule has 0 radical (unpaired) electrons. The highest BCUT2D eigenvalue weighted by Gasteiger charge is 2.30. The second-order valence-electron chi connectivity index (χ2n) is 7.24. The van der Waals surface area contributed by atoms with Crippen molar-refractivity contribution < 1.29 is 19.0 Å². The maximum atomic E-state index is 15.1. The molecule has 1 saturated heterocycles. The normalized spacial score (nSPS) is 17.5. The Kier molecular flexibility index (Phi) is 4.47. The van der Waals surface area contributed by atoms with Gasteiger partial charge >= 0.3 is 6.16 Å². The highest BCUT2D eigenvalue weighted by molar-refractivity contribution is 5.92. The first-order chi connectivity index (χ1) is 13.4. The molecular weight excluding hydrogens is 365 g/mol. The van der Waals surface area contributed by atoms with Crippen LogP contribution >= 0.6 is 0 Å². The van der Waals surface area contributed by atoms with Gasteiger partial charge in [-0.3, -0.25) is 4.79 Å². The van der Waals surface area contributed by atoms with E-state index < -0.39 is 17.4 Å². The smallest absolute Gasteiger partial charge is 0.449 e. The SMILES string of the molecule is C#Cc1c(N2CCN(C)CC2)c(F)cc2c(=O)c(OC(=O)O)cn(C3CC3)c12. The first kappa shape index (κ1) is 18.3. The molecular formula is C20H20FN3O4. The molecule has 2 aliphatic rings. The van der Waals surface area contributed by atoms with Gasteiger partial charge in [0.25, 0.3) is 0 Å². The minimum atomic E-state index is -1.59. The minimum Gasteiger partial charge on any atom is -0.449 e. The van der Waals surface area contributed by atoms with Gasteiger partial charge in [-0.2, -0.15) is 0 Å². The lowest BCUT2D eigenvalue weighted by Gasteiger charge is -2.35. The van der Waals surface area contributed by atoms with Gasteiger partial charge in [-0.05, 0) is 26.0 Å².